The molecule has 0 N–H and O–H groups in total. The number of rotatable bonds is 4. The van der Waals surface area contributed by atoms with Gasteiger partial charge in [0.25, 0.3) is 0 Å². The van der Waals surface area contributed by atoms with Gasteiger partial charge < -0.3 is 37.2 Å². The normalized spacial score (nSPS) is 14.8. The second kappa shape index (κ2) is 11.8. The number of benzene rings is 3. The Balaban J connectivity index is 0.00000193. The van der Waals surface area contributed by atoms with Gasteiger partial charge in [-0.2, -0.15) is 0 Å². The molecule has 0 fully saturated rings. The number of hydrogen-bond acceptors (Lipinski definition) is 0. The molecule has 0 saturated heterocycles. The predicted octanol–water partition coefficient (Wildman–Crippen LogP) is -3.28. The zero-order valence-corrected chi connectivity index (χ0v) is 25.5. The average molecular weight is 562 g/mol. The molecule has 176 valence electrons. The molecule has 0 spiro atoms. The molecular weight excluding hydrogens is 531 g/mol. The maximum absolute atomic E-state index is 2.53. The summed E-state index contributed by atoms with van der Waals surface area (Å²) in [5.41, 5.74) is 8.72. The van der Waals surface area contributed by atoms with Gasteiger partial charge in [-0.05, 0) is 0 Å². The molecule has 3 aromatic rings. The van der Waals surface area contributed by atoms with Gasteiger partial charge in [-0.3, -0.25) is 0 Å². The van der Waals surface area contributed by atoms with Crippen molar-refractivity contribution < 1.29 is 57.7 Å². The molecule has 3 aromatic carbocycles. The number of aryl methyl sites for hydroxylation is 2. The largest absolute Gasteiger partial charge is 1.00 e. The standard InChI is InChI=1S/C29H31Si.3ClH.Ti/c1-20-17-18-28(21(2)19-20)30(26-13-9-7-10-14-26,27-15-11-8-12-16-27)29-24(5)22(3)23(4)25(29)6;;;;/h7-19H,1-6H3;3*1H;/q;;;;+3/p-3. The zero-order chi connectivity index (χ0) is 22.4. The van der Waals surface area contributed by atoms with Crippen LogP contribution in [0.1, 0.15) is 38.8 Å². The van der Waals surface area contributed by atoms with Crippen LogP contribution < -0.4 is 52.8 Å². The van der Waals surface area contributed by atoms with Gasteiger partial charge in [-0.1, -0.05) is 0 Å². The van der Waals surface area contributed by atoms with E-state index in [1.165, 1.54) is 49.0 Å². The molecule has 0 nitrogen and oxygen atoms in total. The number of allylic oxidation sites excluding steroid dienone is 4. The molecule has 0 bridgehead atoms. The second-order valence-electron chi connectivity index (χ2n) is 9.05. The minimum absolute atomic E-state index is 0. The van der Waals surface area contributed by atoms with Crippen LogP contribution >= 0.6 is 0 Å². The van der Waals surface area contributed by atoms with Gasteiger partial charge in [0.2, 0.25) is 0 Å². The fraction of sp³-hybridized carbons (Fsp3) is 0.241. The van der Waals surface area contributed by atoms with E-state index in [-0.39, 0.29) is 40.6 Å². The molecule has 0 unspecified atom stereocenters. The van der Waals surface area contributed by atoms with E-state index in [4.69, 9.17) is 0 Å². The van der Waals surface area contributed by atoms with Crippen LogP contribution in [0.4, 0.5) is 0 Å². The summed E-state index contributed by atoms with van der Waals surface area (Å²) in [5, 5.41) is 4.49. The molecular formula is C29H31Cl3SiTi. The first-order valence-electron chi connectivity index (χ1n) is 11.1. The van der Waals surface area contributed by atoms with Crippen LogP contribution in [0, 0.1) is 13.8 Å². The van der Waals surface area contributed by atoms with Crippen molar-refractivity contribution in [2.75, 3.05) is 0 Å². The van der Waals surface area contributed by atoms with Crippen molar-refractivity contribution >= 4 is 23.6 Å². The molecule has 5 heteroatoms. The third-order valence-electron chi connectivity index (χ3n) is 7.57. The minimum Gasteiger partial charge on any atom is -1.00 e. The fourth-order valence-corrected chi connectivity index (χ4v) is 14.4. The first-order valence-corrected chi connectivity index (χ1v) is 13.8. The molecule has 1 aliphatic rings. The summed E-state index contributed by atoms with van der Waals surface area (Å²) in [6.07, 6.45) is 0. The molecule has 4 rings (SSSR count). The van der Waals surface area contributed by atoms with Crippen molar-refractivity contribution in [2.24, 2.45) is 0 Å². The molecule has 0 heterocycles. The van der Waals surface area contributed by atoms with Gasteiger partial charge in [-0.15, -0.1) is 0 Å². The summed E-state index contributed by atoms with van der Waals surface area (Å²) >= 11 is 2.53. The molecule has 0 amide bonds. The Bertz CT molecular complexity index is 1140. The van der Waals surface area contributed by atoms with Crippen LogP contribution in [0.2, 0.25) is 3.34 Å². The first-order chi connectivity index (χ1) is 14.8. The van der Waals surface area contributed by atoms with Crippen molar-refractivity contribution in [2.45, 2.75) is 44.9 Å². The third kappa shape index (κ3) is 4.45. The molecule has 0 aliphatic heterocycles. The van der Waals surface area contributed by atoms with E-state index in [2.05, 4.69) is 141 Å². The van der Waals surface area contributed by atoms with Crippen LogP contribution in [0.15, 0.2) is 101 Å². The van der Waals surface area contributed by atoms with E-state index in [1.54, 1.807) is 0 Å². The average Bonchev–Trinajstić information content (AvgIpc) is 2.93. The van der Waals surface area contributed by atoms with Crippen LogP contribution in [0.3, 0.4) is 0 Å². The van der Waals surface area contributed by atoms with E-state index in [0.717, 1.165) is 0 Å². The zero-order valence-electron chi connectivity index (χ0n) is 20.6. The van der Waals surface area contributed by atoms with Crippen LogP contribution in [-0.2, 0) is 20.4 Å². The summed E-state index contributed by atoms with van der Waals surface area (Å²) in [7, 11) is -2.51. The number of halogens is 3. The van der Waals surface area contributed by atoms with Gasteiger partial charge in [0.15, 0.2) is 0 Å². The Labute approximate surface area is 237 Å². The van der Waals surface area contributed by atoms with Crippen molar-refractivity contribution in [1.29, 1.82) is 0 Å². The van der Waals surface area contributed by atoms with Crippen LogP contribution in [-0.4, -0.2) is 8.07 Å². The maximum atomic E-state index is 2.53. The first kappa shape index (κ1) is 31.0. The van der Waals surface area contributed by atoms with E-state index in [1.807, 2.05) is 0 Å². The van der Waals surface area contributed by atoms with Gasteiger partial charge in [0.05, 0.1) is 0 Å². The molecule has 0 saturated carbocycles. The molecule has 0 radical (unpaired) electrons. The Kier molecular flexibility index (Phi) is 10.7. The quantitative estimate of drug-likeness (QED) is 0.232. The fourth-order valence-electron chi connectivity index (χ4n) is 5.69. The molecule has 0 aromatic heterocycles. The maximum Gasteiger partial charge on any atom is -1.00 e. The summed E-state index contributed by atoms with van der Waals surface area (Å²) in [6.45, 7) is 13.9. The summed E-state index contributed by atoms with van der Waals surface area (Å²) in [5.74, 6) is 0. The topological polar surface area (TPSA) is 0 Å². The molecule has 34 heavy (non-hydrogen) atoms. The summed E-state index contributed by atoms with van der Waals surface area (Å²) in [4.78, 5) is 0. The van der Waals surface area contributed by atoms with E-state index >= 15 is 0 Å². The van der Waals surface area contributed by atoms with Gasteiger partial charge in [0, 0.05) is 0 Å². The SMILES string of the molecule is CC1=C(C)[C]([Ti+3])([Si](c2ccccc2)(c2ccccc2)c2ccc(C)cc2C)C(C)=C1C.[Cl-].[Cl-].[Cl-]. The summed E-state index contributed by atoms with van der Waals surface area (Å²) < 4.78 is -0.0378. The minimum atomic E-state index is -2.51. The molecule has 1 aliphatic carbocycles. The summed E-state index contributed by atoms with van der Waals surface area (Å²) in [6, 6.07) is 29.8. The predicted molar refractivity (Wildman–Crippen MR) is 133 cm³/mol. The Morgan fingerprint density at radius 3 is 1.38 bits per heavy atom. The van der Waals surface area contributed by atoms with Crippen molar-refractivity contribution in [3.63, 3.8) is 0 Å². The monoisotopic (exact) mass is 560 g/mol. The Morgan fingerprint density at radius 2 is 1.00 bits per heavy atom. The smallest absolute Gasteiger partial charge is 1.00 e. The van der Waals surface area contributed by atoms with Gasteiger partial charge >= 0.3 is 201 Å². The Hall–Kier alpha value is -1.06. The van der Waals surface area contributed by atoms with Crippen molar-refractivity contribution in [1.82, 2.24) is 0 Å². The second-order valence-corrected chi connectivity index (χ2v) is 14.9. The van der Waals surface area contributed by atoms with Crippen molar-refractivity contribution in [3.05, 3.63) is 112 Å². The van der Waals surface area contributed by atoms with Crippen LogP contribution in [0.25, 0.3) is 0 Å². The number of hydrogen-bond donors (Lipinski definition) is 0. The van der Waals surface area contributed by atoms with E-state index in [9.17, 15) is 0 Å². The van der Waals surface area contributed by atoms with Crippen LogP contribution in [0.5, 0.6) is 0 Å². The van der Waals surface area contributed by atoms with Crippen molar-refractivity contribution in [3.8, 4) is 0 Å². The Morgan fingerprint density at radius 1 is 0.588 bits per heavy atom. The van der Waals surface area contributed by atoms with Gasteiger partial charge in [0.1, 0.15) is 0 Å². The van der Waals surface area contributed by atoms with E-state index < -0.39 is 8.07 Å². The molecule has 0 atom stereocenters. The third-order valence-corrected chi connectivity index (χ3v) is 16.1. The van der Waals surface area contributed by atoms with E-state index in [0.29, 0.717) is 0 Å². The van der Waals surface area contributed by atoms with Gasteiger partial charge in [-0.25, -0.2) is 0 Å².